The van der Waals surface area contributed by atoms with Gasteiger partial charge in [0, 0.05) is 11.3 Å². The minimum atomic E-state index is -0.379. The Kier molecular flexibility index (Phi) is 3.43. The number of nitrogens with one attached hydrogen (secondary N) is 1. The third kappa shape index (κ3) is 2.07. The van der Waals surface area contributed by atoms with Crippen LogP contribution in [0.5, 0.6) is 11.6 Å². The van der Waals surface area contributed by atoms with Crippen LogP contribution < -0.4 is 15.2 Å². The standard InChI is InChI=1S/C15H13ClN4O2/c1-7-12-13(8-3-4-11(21-2)10(16)5-8)9(6-17)14(18)22-15(12)20-19-7/h3-5,13H,18H2,1-2H3,(H,19,20). The molecule has 1 atom stereocenters. The summed E-state index contributed by atoms with van der Waals surface area (Å²) in [6.07, 6.45) is 0. The van der Waals surface area contributed by atoms with Gasteiger partial charge in [-0.3, -0.25) is 5.10 Å². The number of methoxy groups -OCH3 is 1. The smallest absolute Gasteiger partial charge is 0.244 e. The van der Waals surface area contributed by atoms with E-state index in [1.165, 1.54) is 0 Å². The van der Waals surface area contributed by atoms with Gasteiger partial charge in [0.2, 0.25) is 11.8 Å². The molecule has 6 nitrogen and oxygen atoms in total. The second-order valence-electron chi connectivity index (χ2n) is 4.89. The Labute approximate surface area is 132 Å². The zero-order chi connectivity index (χ0) is 15.9. The Hall–Kier alpha value is -2.65. The highest BCUT2D eigenvalue weighted by Crippen LogP contribution is 2.43. The highest BCUT2D eigenvalue weighted by molar-refractivity contribution is 6.32. The van der Waals surface area contributed by atoms with Gasteiger partial charge in [-0.05, 0) is 24.6 Å². The quantitative estimate of drug-likeness (QED) is 0.887. The Morgan fingerprint density at radius 1 is 1.50 bits per heavy atom. The maximum absolute atomic E-state index is 9.46. The maximum Gasteiger partial charge on any atom is 0.244 e. The Morgan fingerprint density at radius 3 is 2.91 bits per heavy atom. The van der Waals surface area contributed by atoms with Gasteiger partial charge in [0.1, 0.15) is 17.4 Å². The number of aromatic nitrogens is 2. The number of H-pyrrole nitrogens is 1. The lowest BCUT2D eigenvalue weighted by molar-refractivity contribution is 0.378. The van der Waals surface area contributed by atoms with Crippen molar-refractivity contribution < 1.29 is 9.47 Å². The average Bonchev–Trinajstić information content (AvgIpc) is 2.86. The number of fused-ring (bicyclic) bond motifs is 1. The second-order valence-corrected chi connectivity index (χ2v) is 5.29. The summed E-state index contributed by atoms with van der Waals surface area (Å²) in [5, 5.41) is 16.9. The minimum Gasteiger partial charge on any atom is -0.495 e. The zero-order valence-electron chi connectivity index (χ0n) is 12.0. The van der Waals surface area contributed by atoms with Crippen LogP contribution in [0, 0.1) is 18.3 Å². The molecule has 0 saturated heterocycles. The molecule has 7 heteroatoms. The lowest BCUT2D eigenvalue weighted by atomic mass is 9.84. The van der Waals surface area contributed by atoms with E-state index >= 15 is 0 Å². The summed E-state index contributed by atoms with van der Waals surface area (Å²) in [5.74, 6) is 0.623. The number of halogens is 1. The molecule has 3 N–H and O–H groups in total. The molecule has 3 rings (SSSR count). The molecule has 2 heterocycles. The second kappa shape index (κ2) is 5.28. The van der Waals surface area contributed by atoms with Crippen LogP contribution in [0.4, 0.5) is 0 Å². The molecule has 1 aliphatic rings. The number of nitriles is 1. The summed E-state index contributed by atoms with van der Waals surface area (Å²) < 4.78 is 10.6. The topological polar surface area (TPSA) is 96.9 Å². The predicted octanol–water partition coefficient (Wildman–Crippen LogP) is 2.60. The van der Waals surface area contributed by atoms with Crippen molar-refractivity contribution in [2.24, 2.45) is 5.73 Å². The molecule has 1 aromatic carbocycles. The predicted molar refractivity (Wildman–Crippen MR) is 80.6 cm³/mol. The van der Waals surface area contributed by atoms with Gasteiger partial charge in [-0.15, -0.1) is 5.10 Å². The van der Waals surface area contributed by atoms with Gasteiger partial charge in [0.15, 0.2) is 0 Å². The molecule has 0 spiro atoms. The minimum absolute atomic E-state index is 0.0541. The molecule has 0 aliphatic carbocycles. The van der Waals surface area contributed by atoms with Crippen molar-refractivity contribution in [3.8, 4) is 17.7 Å². The van der Waals surface area contributed by atoms with Crippen LogP contribution in [-0.2, 0) is 0 Å². The van der Waals surface area contributed by atoms with E-state index in [0.717, 1.165) is 16.8 Å². The molecule has 1 unspecified atom stereocenters. The van der Waals surface area contributed by atoms with E-state index in [9.17, 15) is 5.26 Å². The van der Waals surface area contributed by atoms with Crippen molar-refractivity contribution in [3.05, 3.63) is 51.5 Å². The van der Waals surface area contributed by atoms with Crippen molar-refractivity contribution >= 4 is 11.6 Å². The number of aromatic amines is 1. The van der Waals surface area contributed by atoms with E-state index in [-0.39, 0.29) is 11.8 Å². The van der Waals surface area contributed by atoms with Crippen molar-refractivity contribution in [2.75, 3.05) is 7.11 Å². The molecule has 2 aromatic rings. The van der Waals surface area contributed by atoms with Crippen molar-refractivity contribution in [1.82, 2.24) is 10.2 Å². The summed E-state index contributed by atoms with van der Waals surface area (Å²) in [5.41, 5.74) is 8.61. The summed E-state index contributed by atoms with van der Waals surface area (Å²) in [6, 6.07) is 7.49. The van der Waals surface area contributed by atoms with E-state index in [0.29, 0.717) is 22.2 Å². The fourth-order valence-electron chi connectivity index (χ4n) is 2.59. The molecule has 22 heavy (non-hydrogen) atoms. The number of nitrogens with zero attached hydrogens (tertiary/aromatic N) is 2. The third-order valence-electron chi connectivity index (χ3n) is 3.64. The van der Waals surface area contributed by atoms with Crippen molar-refractivity contribution in [3.63, 3.8) is 0 Å². The summed E-state index contributed by atoms with van der Waals surface area (Å²) >= 11 is 6.21. The zero-order valence-corrected chi connectivity index (χ0v) is 12.7. The number of allylic oxidation sites excluding steroid dienone is 1. The van der Waals surface area contributed by atoms with Crippen LogP contribution in [0.3, 0.4) is 0 Å². The van der Waals surface area contributed by atoms with Gasteiger partial charge in [-0.25, -0.2) is 0 Å². The van der Waals surface area contributed by atoms with Crippen LogP contribution in [-0.4, -0.2) is 17.3 Å². The van der Waals surface area contributed by atoms with Gasteiger partial charge in [0.05, 0.1) is 18.1 Å². The fourth-order valence-corrected chi connectivity index (χ4v) is 2.86. The largest absolute Gasteiger partial charge is 0.495 e. The number of hydrogen-bond acceptors (Lipinski definition) is 5. The third-order valence-corrected chi connectivity index (χ3v) is 3.93. The SMILES string of the molecule is COc1ccc(C2C(C#N)=C(N)Oc3n[nH]c(C)c32)cc1Cl. The van der Waals surface area contributed by atoms with E-state index in [1.54, 1.807) is 19.2 Å². The van der Waals surface area contributed by atoms with Gasteiger partial charge in [-0.1, -0.05) is 17.7 Å². The number of nitrogens with two attached hydrogens (primary N) is 1. The van der Waals surface area contributed by atoms with Crippen molar-refractivity contribution in [1.29, 1.82) is 5.26 Å². The van der Waals surface area contributed by atoms with Gasteiger partial charge in [-0.2, -0.15) is 5.26 Å². The molecule has 0 radical (unpaired) electrons. The molecule has 1 aromatic heterocycles. The highest BCUT2D eigenvalue weighted by atomic mass is 35.5. The van der Waals surface area contributed by atoms with Gasteiger partial charge >= 0.3 is 0 Å². The van der Waals surface area contributed by atoms with Crippen LogP contribution in [0.15, 0.2) is 29.7 Å². The number of hydrogen-bond donors (Lipinski definition) is 2. The summed E-state index contributed by atoms with van der Waals surface area (Å²) in [7, 11) is 1.55. The van der Waals surface area contributed by atoms with Gasteiger partial charge < -0.3 is 15.2 Å². The number of ether oxygens (including phenoxy) is 2. The van der Waals surface area contributed by atoms with Crippen LogP contribution >= 0.6 is 11.6 Å². The molecule has 0 bridgehead atoms. The number of benzene rings is 1. The Bertz CT molecular complexity index is 819. The van der Waals surface area contributed by atoms with Crippen LogP contribution in [0.1, 0.15) is 22.7 Å². The molecular formula is C15H13ClN4O2. The first-order chi connectivity index (χ1) is 10.6. The van der Waals surface area contributed by atoms with E-state index < -0.39 is 0 Å². The summed E-state index contributed by atoms with van der Waals surface area (Å²) in [4.78, 5) is 0. The van der Waals surface area contributed by atoms with E-state index in [4.69, 9.17) is 26.8 Å². The van der Waals surface area contributed by atoms with Crippen molar-refractivity contribution in [2.45, 2.75) is 12.8 Å². The lowest BCUT2D eigenvalue weighted by Gasteiger charge is -2.24. The van der Waals surface area contributed by atoms with Gasteiger partial charge in [0.25, 0.3) is 0 Å². The lowest BCUT2D eigenvalue weighted by Crippen LogP contribution is -2.21. The first kappa shape index (κ1) is 14.3. The normalized spacial score (nSPS) is 16.7. The molecule has 112 valence electrons. The first-order valence-corrected chi connectivity index (χ1v) is 6.90. The molecule has 0 saturated carbocycles. The molecule has 0 fully saturated rings. The van der Waals surface area contributed by atoms with E-state index in [2.05, 4.69) is 16.3 Å². The molecule has 1 aliphatic heterocycles. The fraction of sp³-hybridized carbons (Fsp3) is 0.200. The first-order valence-electron chi connectivity index (χ1n) is 6.52. The van der Waals surface area contributed by atoms with E-state index in [1.807, 2.05) is 13.0 Å². The Balaban J connectivity index is 2.21. The molecule has 0 amide bonds. The van der Waals surface area contributed by atoms with Crippen LogP contribution in [0.25, 0.3) is 0 Å². The van der Waals surface area contributed by atoms with Crippen LogP contribution in [0.2, 0.25) is 5.02 Å². The number of aryl methyl sites for hydroxylation is 1. The summed E-state index contributed by atoms with van der Waals surface area (Å²) in [6.45, 7) is 1.86. The Morgan fingerprint density at radius 2 is 2.27 bits per heavy atom. The highest BCUT2D eigenvalue weighted by Gasteiger charge is 2.34. The monoisotopic (exact) mass is 316 g/mol. The molecular weight excluding hydrogens is 304 g/mol. The number of rotatable bonds is 2. The maximum atomic E-state index is 9.46. The average molecular weight is 317 g/mol.